The van der Waals surface area contributed by atoms with Crippen molar-refractivity contribution in [2.45, 2.75) is 30.6 Å². The summed E-state index contributed by atoms with van der Waals surface area (Å²) in [6.07, 6.45) is -1.40. The van der Waals surface area contributed by atoms with Gasteiger partial charge in [0, 0.05) is 19.2 Å². The largest absolute Gasteiger partial charge is 0.463 e. The Kier molecular flexibility index (Phi) is 4.31. The number of aromatic nitrogens is 2. The summed E-state index contributed by atoms with van der Waals surface area (Å²) < 4.78 is 11.4. The second-order valence-electron chi connectivity index (χ2n) is 4.37. The van der Waals surface area contributed by atoms with Gasteiger partial charge in [-0.1, -0.05) is 0 Å². The quantitative estimate of drug-likeness (QED) is 0.471. The van der Waals surface area contributed by atoms with Crippen molar-refractivity contribution in [1.29, 1.82) is 0 Å². The van der Waals surface area contributed by atoms with Crippen LogP contribution in [0.5, 0.6) is 0 Å². The van der Waals surface area contributed by atoms with E-state index in [1.54, 1.807) is 0 Å². The molecular formula is C11H14N2O6S. The molecule has 0 bridgehead atoms. The molecule has 1 aliphatic heterocycles. The number of hydrogen-bond donors (Lipinski definition) is 3. The van der Waals surface area contributed by atoms with Gasteiger partial charge >= 0.3 is 11.7 Å². The van der Waals surface area contributed by atoms with Crippen LogP contribution in [0.3, 0.4) is 0 Å². The molecule has 1 aliphatic rings. The minimum atomic E-state index is -1.01. The molecule has 9 heteroatoms. The average molecular weight is 302 g/mol. The van der Waals surface area contributed by atoms with Crippen LogP contribution in [-0.4, -0.2) is 44.7 Å². The predicted molar refractivity (Wildman–Crippen MR) is 70.6 cm³/mol. The van der Waals surface area contributed by atoms with Crippen LogP contribution in [0.2, 0.25) is 0 Å². The van der Waals surface area contributed by atoms with E-state index in [0.29, 0.717) is 0 Å². The Morgan fingerprint density at radius 1 is 1.60 bits per heavy atom. The van der Waals surface area contributed by atoms with Crippen LogP contribution in [0.15, 0.2) is 21.9 Å². The van der Waals surface area contributed by atoms with Crippen LogP contribution >= 0.6 is 12.6 Å². The molecule has 0 saturated carbocycles. The maximum absolute atomic E-state index is 11.7. The number of carbonyl (C=O) groups excluding carboxylic acids is 1. The van der Waals surface area contributed by atoms with Gasteiger partial charge in [0.05, 0.1) is 11.4 Å². The molecule has 0 aliphatic carbocycles. The van der Waals surface area contributed by atoms with Gasteiger partial charge in [0.15, 0.2) is 6.23 Å². The van der Waals surface area contributed by atoms with E-state index in [9.17, 15) is 19.5 Å². The van der Waals surface area contributed by atoms with Crippen LogP contribution in [0.1, 0.15) is 13.2 Å². The van der Waals surface area contributed by atoms with E-state index >= 15 is 0 Å². The number of H-pyrrole nitrogens is 1. The lowest BCUT2D eigenvalue weighted by Gasteiger charge is -2.16. The van der Waals surface area contributed by atoms with Crippen molar-refractivity contribution in [1.82, 2.24) is 9.55 Å². The predicted octanol–water partition coefficient (Wildman–Crippen LogP) is -1.34. The number of esters is 1. The van der Waals surface area contributed by atoms with Crippen LogP contribution in [0.25, 0.3) is 0 Å². The van der Waals surface area contributed by atoms with E-state index in [2.05, 4.69) is 17.6 Å². The fraction of sp³-hybridized carbons (Fsp3) is 0.545. The van der Waals surface area contributed by atoms with Crippen molar-refractivity contribution >= 4 is 18.6 Å². The molecule has 20 heavy (non-hydrogen) atoms. The Balaban J connectivity index is 2.19. The summed E-state index contributed by atoms with van der Waals surface area (Å²) in [6.45, 7) is 1.10. The Hall–Kier alpha value is -1.58. The zero-order chi connectivity index (χ0) is 14.9. The van der Waals surface area contributed by atoms with Crippen molar-refractivity contribution in [3.8, 4) is 0 Å². The molecule has 0 aromatic carbocycles. The SMILES string of the molecule is CC(=O)OC[C@H]1O[C@@H](n2ccc(=O)[nH]c2=O)C(S)[C@H]1O. The standard InChI is InChI=1S/C11H14N2O6S/c1-5(14)18-4-6-8(16)9(20)10(19-6)13-3-2-7(15)12-11(13)17/h2-3,6,8-10,16,20H,4H2,1H3,(H,12,15,17)/t6-,8+,9?,10-/m1/s1. The molecule has 2 rings (SSSR count). The second-order valence-corrected chi connectivity index (χ2v) is 4.96. The topological polar surface area (TPSA) is 111 Å². The third-order valence-electron chi connectivity index (χ3n) is 2.91. The molecule has 2 N–H and O–H groups in total. The molecule has 1 fully saturated rings. The van der Waals surface area contributed by atoms with Crippen molar-refractivity contribution in [3.05, 3.63) is 33.1 Å². The summed E-state index contributed by atoms with van der Waals surface area (Å²) in [6, 6.07) is 1.16. The van der Waals surface area contributed by atoms with Gasteiger partial charge < -0.3 is 14.6 Å². The van der Waals surface area contributed by atoms with Crippen molar-refractivity contribution < 1.29 is 19.4 Å². The van der Waals surface area contributed by atoms with E-state index in [1.807, 2.05) is 0 Å². The summed E-state index contributed by atoms with van der Waals surface area (Å²) in [5, 5.41) is 9.27. The summed E-state index contributed by atoms with van der Waals surface area (Å²) >= 11 is 4.20. The average Bonchev–Trinajstić information content (AvgIpc) is 2.64. The van der Waals surface area contributed by atoms with E-state index in [0.717, 1.165) is 10.6 Å². The van der Waals surface area contributed by atoms with Gasteiger partial charge in [0.25, 0.3) is 5.56 Å². The molecule has 2 heterocycles. The fourth-order valence-electron chi connectivity index (χ4n) is 1.92. The number of nitrogens with zero attached hydrogens (tertiary/aromatic N) is 1. The molecule has 0 radical (unpaired) electrons. The Bertz CT molecular complexity index is 611. The number of aliphatic hydroxyl groups is 1. The number of rotatable bonds is 3. The maximum Gasteiger partial charge on any atom is 0.330 e. The summed E-state index contributed by atoms with van der Waals surface area (Å²) in [4.78, 5) is 35.5. The number of thiol groups is 1. The molecule has 8 nitrogen and oxygen atoms in total. The van der Waals surface area contributed by atoms with Crippen molar-refractivity contribution in [2.75, 3.05) is 6.61 Å². The zero-order valence-electron chi connectivity index (χ0n) is 10.6. The number of carbonyl (C=O) groups is 1. The third kappa shape index (κ3) is 2.94. The first-order valence-electron chi connectivity index (χ1n) is 5.86. The number of hydrogen-bond acceptors (Lipinski definition) is 7. The molecule has 4 atom stereocenters. The van der Waals surface area contributed by atoms with Crippen LogP contribution < -0.4 is 11.2 Å². The third-order valence-corrected chi connectivity index (χ3v) is 3.47. The van der Waals surface area contributed by atoms with Crippen molar-refractivity contribution in [2.24, 2.45) is 0 Å². The highest BCUT2D eigenvalue weighted by Crippen LogP contribution is 2.32. The van der Waals surface area contributed by atoms with Gasteiger partial charge in [-0.25, -0.2) is 4.79 Å². The van der Waals surface area contributed by atoms with E-state index in [-0.39, 0.29) is 6.61 Å². The first-order chi connectivity index (χ1) is 9.40. The second kappa shape index (κ2) is 5.81. The number of nitrogens with one attached hydrogen (secondary N) is 1. The number of aromatic amines is 1. The highest BCUT2D eigenvalue weighted by atomic mass is 32.1. The number of aliphatic hydroxyl groups excluding tert-OH is 1. The van der Waals surface area contributed by atoms with Gasteiger partial charge in [-0.15, -0.1) is 0 Å². The highest BCUT2D eigenvalue weighted by Gasteiger charge is 2.43. The molecule has 0 spiro atoms. The van der Waals surface area contributed by atoms with Crippen LogP contribution in [0, 0.1) is 0 Å². The molecular weight excluding hydrogens is 288 g/mol. The molecule has 1 saturated heterocycles. The van der Waals surface area contributed by atoms with E-state index < -0.39 is 40.9 Å². The Labute approximate surface area is 118 Å². The Morgan fingerprint density at radius 3 is 2.90 bits per heavy atom. The van der Waals surface area contributed by atoms with Crippen molar-refractivity contribution in [3.63, 3.8) is 0 Å². The van der Waals surface area contributed by atoms with Gasteiger partial charge in [-0.3, -0.25) is 19.1 Å². The van der Waals surface area contributed by atoms with E-state index in [4.69, 9.17) is 9.47 Å². The lowest BCUT2D eigenvalue weighted by molar-refractivity contribution is -0.147. The number of ether oxygens (including phenoxy) is 2. The highest BCUT2D eigenvalue weighted by molar-refractivity contribution is 7.81. The lowest BCUT2D eigenvalue weighted by Crippen LogP contribution is -2.35. The zero-order valence-corrected chi connectivity index (χ0v) is 11.4. The Morgan fingerprint density at radius 2 is 2.30 bits per heavy atom. The van der Waals surface area contributed by atoms with Gasteiger partial charge in [-0.05, 0) is 0 Å². The molecule has 1 aromatic rings. The normalized spacial score (nSPS) is 29.4. The smallest absolute Gasteiger partial charge is 0.330 e. The van der Waals surface area contributed by atoms with Crippen LogP contribution in [-0.2, 0) is 14.3 Å². The first kappa shape index (κ1) is 14.8. The lowest BCUT2D eigenvalue weighted by atomic mass is 10.2. The fourth-order valence-corrected chi connectivity index (χ4v) is 2.33. The summed E-state index contributed by atoms with van der Waals surface area (Å²) in [5.74, 6) is -0.499. The summed E-state index contributed by atoms with van der Waals surface area (Å²) in [7, 11) is 0. The maximum atomic E-state index is 11.7. The first-order valence-corrected chi connectivity index (χ1v) is 6.38. The van der Waals surface area contributed by atoms with Gasteiger partial charge in [0.2, 0.25) is 0 Å². The monoisotopic (exact) mass is 302 g/mol. The van der Waals surface area contributed by atoms with Gasteiger partial charge in [-0.2, -0.15) is 12.6 Å². The van der Waals surface area contributed by atoms with E-state index in [1.165, 1.54) is 13.1 Å². The minimum absolute atomic E-state index is 0.137. The molecule has 1 aromatic heterocycles. The molecule has 110 valence electrons. The minimum Gasteiger partial charge on any atom is -0.463 e. The summed E-state index contributed by atoms with van der Waals surface area (Å²) in [5.41, 5.74) is -1.20. The van der Waals surface area contributed by atoms with Gasteiger partial charge in [0.1, 0.15) is 12.7 Å². The molecule has 0 amide bonds. The van der Waals surface area contributed by atoms with Crippen LogP contribution in [0.4, 0.5) is 0 Å². The molecule has 1 unspecified atom stereocenters.